The van der Waals surface area contributed by atoms with E-state index in [1.54, 1.807) is 0 Å². The summed E-state index contributed by atoms with van der Waals surface area (Å²) >= 11 is 0. The predicted octanol–water partition coefficient (Wildman–Crippen LogP) is 13.5. The predicted molar refractivity (Wildman–Crippen MR) is 207 cm³/mol. The van der Waals surface area contributed by atoms with Gasteiger partial charge in [-0.15, -0.1) is 0 Å². The zero-order valence-corrected chi connectivity index (χ0v) is 30.8. The molecule has 0 aromatic heterocycles. The summed E-state index contributed by atoms with van der Waals surface area (Å²) in [6, 6.07) is 26.9. The SMILES string of the molecule is CCCCCC1CCC(c2ccc(C(=O)OCC(C)c3ccccc3)cc2)CC1.CCCCCC1CCC(c2ccc(COO)cc2)CC1.[HH].[HH]. The van der Waals surface area contributed by atoms with E-state index in [4.69, 9.17) is 9.99 Å². The smallest absolute Gasteiger partial charge is 0.338 e. The summed E-state index contributed by atoms with van der Waals surface area (Å²) in [5.74, 6) is 3.27. The summed E-state index contributed by atoms with van der Waals surface area (Å²) < 4.78 is 5.55. The van der Waals surface area contributed by atoms with E-state index >= 15 is 0 Å². The van der Waals surface area contributed by atoms with Crippen LogP contribution in [0.15, 0.2) is 78.9 Å². The highest BCUT2D eigenvalue weighted by Crippen LogP contribution is 2.39. The Kier molecular flexibility index (Phi) is 17.4. The first-order valence-electron chi connectivity index (χ1n) is 19.7. The fourth-order valence-electron chi connectivity index (χ4n) is 7.95. The minimum atomic E-state index is -0.223. The topological polar surface area (TPSA) is 55.8 Å². The van der Waals surface area contributed by atoms with E-state index in [9.17, 15) is 4.79 Å². The van der Waals surface area contributed by atoms with Gasteiger partial charge in [-0.3, -0.25) is 5.26 Å². The molecule has 1 unspecified atom stereocenters. The Morgan fingerprint density at radius 2 is 1.18 bits per heavy atom. The highest BCUT2D eigenvalue weighted by atomic mass is 17.1. The lowest BCUT2D eigenvalue weighted by Gasteiger charge is -2.29. The number of carbonyl (C=O) groups is 1. The molecule has 1 N–H and O–H groups in total. The van der Waals surface area contributed by atoms with Gasteiger partial charge in [0.05, 0.1) is 12.2 Å². The van der Waals surface area contributed by atoms with Gasteiger partial charge in [0.1, 0.15) is 6.61 Å². The standard InChI is InChI=1S/C27H36O2.C18H28O2.2H2/c1-3-4-6-9-22-12-14-24(15-13-22)25-16-18-26(19-17-25)27(28)29-20-21(2)23-10-7-5-8-11-23;1-2-3-4-5-15-6-10-17(11-7-15)18-12-8-16(9-13-18)14-20-19;;/h5,7-8,10-11,16-19,21-22,24H,3-4,6,9,12-15,20H2,1-2H3;8-9,12-13,15,17,19H,2-7,10-11,14H2,1H3;2*1H. The Morgan fingerprint density at radius 1 is 0.694 bits per heavy atom. The van der Waals surface area contributed by atoms with Gasteiger partial charge in [-0.05, 0) is 109 Å². The van der Waals surface area contributed by atoms with Gasteiger partial charge >= 0.3 is 5.97 Å². The fourth-order valence-corrected chi connectivity index (χ4v) is 7.95. The van der Waals surface area contributed by atoms with Gasteiger partial charge in [0.15, 0.2) is 0 Å². The number of rotatable bonds is 16. The van der Waals surface area contributed by atoms with Crippen LogP contribution in [-0.4, -0.2) is 17.8 Å². The number of hydrogen-bond donors (Lipinski definition) is 1. The van der Waals surface area contributed by atoms with Crippen LogP contribution in [0.2, 0.25) is 0 Å². The number of benzene rings is 3. The van der Waals surface area contributed by atoms with Crippen molar-refractivity contribution in [2.24, 2.45) is 11.8 Å². The Labute approximate surface area is 300 Å². The van der Waals surface area contributed by atoms with Crippen molar-refractivity contribution in [2.75, 3.05) is 6.61 Å². The third kappa shape index (κ3) is 13.4. The molecule has 0 aliphatic heterocycles. The first kappa shape index (κ1) is 38.8. The van der Waals surface area contributed by atoms with Crippen molar-refractivity contribution >= 4 is 5.97 Å². The van der Waals surface area contributed by atoms with Gasteiger partial charge in [-0.2, -0.15) is 0 Å². The van der Waals surface area contributed by atoms with Gasteiger partial charge in [0.2, 0.25) is 0 Å². The largest absolute Gasteiger partial charge is 0.461 e. The molecule has 4 heteroatoms. The molecule has 1 atom stereocenters. The Morgan fingerprint density at radius 3 is 1.65 bits per heavy atom. The number of unbranched alkanes of at least 4 members (excludes halogenated alkanes) is 4. The van der Waals surface area contributed by atoms with Crippen molar-refractivity contribution in [3.05, 3.63) is 107 Å². The third-order valence-electron chi connectivity index (χ3n) is 11.3. The quantitative estimate of drug-likeness (QED) is 0.0712. The van der Waals surface area contributed by atoms with Gasteiger partial charge < -0.3 is 4.74 Å². The zero-order chi connectivity index (χ0) is 34.7. The van der Waals surface area contributed by atoms with E-state index in [-0.39, 0.29) is 21.3 Å². The first-order chi connectivity index (χ1) is 24.0. The van der Waals surface area contributed by atoms with Crippen LogP contribution in [-0.2, 0) is 16.2 Å². The molecule has 3 aromatic rings. The van der Waals surface area contributed by atoms with Crippen molar-refractivity contribution in [2.45, 2.75) is 148 Å². The molecule has 3 aromatic carbocycles. The maximum absolute atomic E-state index is 12.4. The van der Waals surface area contributed by atoms with E-state index in [0.717, 1.165) is 23.3 Å². The van der Waals surface area contributed by atoms with Gasteiger partial charge in [0, 0.05) is 8.77 Å². The lowest BCUT2D eigenvalue weighted by atomic mass is 9.77. The second kappa shape index (κ2) is 22.0. The van der Waals surface area contributed by atoms with Crippen molar-refractivity contribution in [1.82, 2.24) is 0 Å². The maximum Gasteiger partial charge on any atom is 0.338 e. The van der Waals surface area contributed by atoms with Crippen LogP contribution in [0.1, 0.15) is 177 Å². The Hall–Kier alpha value is -2.95. The summed E-state index contributed by atoms with van der Waals surface area (Å²) in [4.78, 5) is 16.6. The van der Waals surface area contributed by atoms with Crippen molar-refractivity contribution in [3.63, 3.8) is 0 Å². The van der Waals surface area contributed by atoms with Crippen molar-refractivity contribution in [1.29, 1.82) is 0 Å². The van der Waals surface area contributed by atoms with Crippen LogP contribution in [0, 0.1) is 11.8 Å². The molecular formula is C45H68O4. The molecule has 2 saturated carbocycles. The van der Waals surface area contributed by atoms with Crippen molar-refractivity contribution in [3.8, 4) is 0 Å². The number of esters is 1. The molecule has 2 fully saturated rings. The highest BCUT2D eigenvalue weighted by molar-refractivity contribution is 5.89. The minimum Gasteiger partial charge on any atom is -0.461 e. The third-order valence-corrected chi connectivity index (χ3v) is 11.3. The zero-order valence-electron chi connectivity index (χ0n) is 30.8. The monoisotopic (exact) mass is 673 g/mol. The highest BCUT2D eigenvalue weighted by Gasteiger charge is 2.23. The van der Waals surface area contributed by atoms with Crippen LogP contribution >= 0.6 is 0 Å². The normalized spacial score (nSPS) is 21.3. The second-order valence-corrected chi connectivity index (χ2v) is 15.0. The van der Waals surface area contributed by atoms with Gasteiger partial charge in [-0.1, -0.05) is 139 Å². The molecule has 272 valence electrons. The molecule has 4 nitrogen and oxygen atoms in total. The summed E-state index contributed by atoms with van der Waals surface area (Å²) in [6.45, 7) is 7.34. The van der Waals surface area contributed by atoms with Gasteiger partial charge in [0.25, 0.3) is 0 Å². The molecule has 0 amide bonds. The maximum atomic E-state index is 12.4. The average Bonchev–Trinajstić information content (AvgIpc) is 3.16. The average molecular weight is 673 g/mol. The van der Waals surface area contributed by atoms with Crippen LogP contribution in [0.25, 0.3) is 0 Å². The van der Waals surface area contributed by atoms with Gasteiger partial charge in [-0.25, -0.2) is 9.68 Å². The van der Waals surface area contributed by atoms with Crippen molar-refractivity contribution < 1.29 is 22.5 Å². The molecule has 0 spiro atoms. The molecule has 49 heavy (non-hydrogen) atoms. The molecule has 5 rings (SSSR count). The summed E-state index contributed by atoms with van der Waals surface area (Å²) in [6.07, 6.45) is 21.8. The molecule has 0 radical (unpaired) electrons. The molecule has 0 saturated heterocycles. The van der Waals surface area contributed by atoms with E-state index in [0.29, 0.717) is 18.1 Å². The van der Waals surface area contributed by atoms with Crippen LogP contribution < -0.4 is 0 Å². The molecule has 0 bridgehead atoms. The minimum absolute atomic E-state index is 0. The van der Waals surface area contributed by atoms with E-state index in [1.165, 1.54) is 119 Å². The summed E-state index contributed by atoms with van der Waals surface area (Å²) in [5.41, 5.74) is 5.72. The Balaban J connectivity index is 0.000000362. The Bertz CT molecular complexity index is 1300. The molecule has 2 aliphatic rings. The molecular weight excluding hydrogens is 604 g/mol. The van der Waals surface area contributed by atoms with E-state index < -0.39 is 0 Å². The van der Waals surface area contributed by atoms with Crippen LogP contribution in [0.5, 0.6) is 0 Å². The number of hydrogen-bond acceptors (Lipinski definition) is 4. The first-order valence-corrected chi connectivity index (χ1v) is 19.7. The summed E-state index contributed by atoms with van der Waals surface area (Å²) in [7, 11) is 0. The lowest BCUT2D eigenvalue weighted by molar-refractivity contribution is -0.253. The fraction of sp³-hybridized carbons (Fsp3) is 0.578. The van der Waals surface area contributed by atoms with Crippen LogP contribution in [0.4, 0.5) is 0 Å². The lowest BCUT2D eigenvalue weighted by Crippen LogP contribution is -2.14. The van der Waals surface area contributed by atoms with E-state index in [1.807, 2.05) is 30.3 Å². The number of ether oxygens (including phenoxy) is 1. The number of carbonyl (C=O) groups excluding carboxylic acids is 1. The second-order valence-electron chi connectivity index (χ2n) is 15.0. The molecule has 0 heterocycles. The van der Waals surface area contributed by atoms with E-state index in [2.05, 4.69) is 74.2 Å². The summed E-state index contributed by atoms with van der Waals surface area (Å²) in [5, 5.41) is 8.46. The van der Waals surface area contributed by atoms with Crippen LogP contribution in [0.3, 0.4) is 0 Å². The molecule has 2 aliphatic carbocycles.